The molecule has 1 fully saturated rings. The van der Waals surface area contributed by atoms with Gasteiger partial charge in [-0.1, -0.05) is 59.7 Å². The Bertz CT molecular complexity index is 1490. The van der Waals surface area contributed by atoms with Gasteiger partial charge in [0.2, 0.25) is 0 Å². The Morgan fingerprint density at radius 2 is 1.58 bits per heavy atom. The molecule has 4 aromatic rings. The van der Waals surface area contributed by atoms with Gasteiger partial charge in [0.15, 0.2) is 0 Å². The van der Waals surface area contributed by atoms with Crippen molar-refractivity contribution in [1.29, 1.82) is 0 Å². The molecule has 190 valence electrons. The third-order valence-electron chi connectivity index (χ3n) is 6.65. The number of ketones is 1. The van der Waals surface area contributed by atoms with Crippen LogP contribution >= 0.6 is 0 Å². The number of carbonyl (C=O) groups is 2. The zero-order valence-corrected chi connectivity index (χ0v) is 21.3. The summed E-state index contributed by atoms with van der Waals surface area (Å²) in [5.74, 6) is -0.929. The fourth-order valence-electron chi connectivity index (χ4n) is 4.66. The molecule has 38 heavy (non-hydrogen) atoms. The lowest BCUT2D eigenvalue weighted by Gasteiger charge is -2.25. The number of aliphatic hydroxyl groups is 1. The van der Waals surface area contributed by atoms with Crippen molar-refractivity contribution < 1.29 is 19.4 Å². The molecular formula is C32H28N2O4. The molecule has 1 aliphatic heterocycles. The summed E-state index contributed by atoms with van der Waals surface area (Å²) in [6.45, 7) is 4.64. The summed E-state index contributed by atoms with van der Waals surface area (Å²) < 4.78 is 5.90. The molecule has 0 spiro atoms. The summed E-state index contributed by atoms with van der Waals surface area (Å²) in [6.07, 6.45) is 3.30. The zero-order valence-electron chi connectivity index (χ0n) is 21.3. The van der Waals surface area contributed by atoms with Gasteiger partial charge < -0.3 is 14.7 Å². The number of hydrogen-bond donors (Lipinski definition) is 1. The predicted molar refractivity (Wildman–Crippen MR) is 145 cm³/mol. The van der Waals surface area contributed by atoms with Crippen LogP contribution in [0.15, 0.2) is 103 Å². The van der Waals surface area contributed by atoms with Crippen LogP contribution in [0.2, 0.25) is 0 Å². The highest BCUT2D eigenvalue weighted by Crippen LogP contribution is 2.40. The summed E-state index contributed by atoms with van der Waals surface area (Å²) in [7, 11) is 0. The number of amides is 1. The van der Waals surface area contributed by atoms with Crippen molar-refractivity contribution in [1.82, 2.24) is 9.88 Å². The number of ether oxygens (including phenoxy) is 1. The predicted octanol–water partition coefficient (Wildman–Crippen LogP) is 5.90. The lowest BCUT2D eigenvalue weighted by molar-refractivity contribution is -0.140. The largest absolute Gasteiger partial charge is 0.507 e. The van der Waals surface area contributed by atoms with Gasteiger partial charge in [-0.05, 0) is 66.9 Å². The van der Waals surface area contributed by atoms with Crippen molar-refractivity contribution in [3.05, 3.63) is 136 Å². The number of carbonyl (C=O) groups excluding carboxylic acids is 2. The summed E-state index contributed by atoms with van der Waals surface area (Å²) in [4.78, 5) is 32.0. The normalized spacial score (nSPS) is 16.6. The van der Waals surface area contributed by atoms with Crippen molar-refractivity contribution in [2.75, 3.05) is 0 Å². The highest BCUT2D eigenvalue weighted by atomic mass is 16.5. The summed E-state index contributed by atoms with van der Waals surface area (Å²) in [5, 5.41) is 11.3. The van der Waals surface area contributed by atoms with Crippen LogP contribution in [0.1, 0.15) is 39.4 Å². The molecule has 5 rings (SSSR count). The quantitative estimate of drug-likeness (QED) is 0.193. The monoisotopic (exact) mass is 504 g/mol. The Morgan fingerprint density at radius 1 is 0.868 bits per heavy atom. The van der Waals surface area contributed by atoms with E-state index in [2.05, 4.69) is 11.1 Å². The molecule has 0 unspecified atom stereocenters. The molecule has 0 bridgehead atoms. The molecule has 1 aliphatic rings. The summed E-state index contributed by atoms with van der Waals surface area (Å²) >= 11 is 0. The van der Waals surface area contributed by atoms with Crippen LogP contribution in [0.4, 0.5) is 0 Å². The average Bonchev–Trinajstić information content (AvgIpc) is 3.18. The number of benzene rings is 3. The Hall–Kier alpha value is -4.71. The standard InChI is InChI=1S/C32H28N2O4/c1-21-6-8-25(9-7-21)29-28(31(36)32(37)34(29)19-23-14-16-33-17-15-23)30(35)26-10-12-27(13-11-26)38-20-24-5-3-4-22(2)18-24/h3-18,29,35H,19-20H2,1-2H3/t29-/m0/s1. The van der Waals surface area contributed by atoms with Crippen molar-refractivity contribution in [3.8, 4) is 5.75 Å². The Kier molecular flexibility index (Phi) is 7.05. The van der Waals surface area contributed by atoms with E-state index in [0.717, 1.165) is 27.8 Å². The second-order valence-corrected chi connectivity index (χ2v) is 9.50. The fraction of sp³-hybridized carbons (Fsp3) is 0.156. The maximum absolute atomic E-state index is 13.3. The first-order chi connectivity index (χ1) is 18.4. The van der Waals surface area contributed by atoms with E-state index in [9.17, 15) is 14.7 Å². The number of aliphatic hydroxyl groups excluding tert-OH is 1. The van der Waals surface area contributed by atoms with E-state index < -0.39 is 17.7 Å². The molecule has 3 aromatic carbocycles. The number of hydrogen-bond acceptors (Lipinski definition) is 5. The molecule has 6 nitrogen and oxygen atoms in total. The van der Waals surface area contributed by atoms with Crippen molar-refractivity contribution in [3.63, 3.8) is 0 Å². The second-order valence-electron chi connectivity index (χ2n) is 9.50. The number of nitrogens with zero attached hydrogens (tertiary/aromatic N) is 2. The van der Waals surface area contributed by atoms with Crippen LogP contribution in [0.25, 0.3) is 5.76 Å². The van der Waals surface area contributed by atoms with Crippen molar-refractivity contribution in [2.45, 2.75) is 33.0 Å². The van der Waals surface area contributed by atoms with Gasteiger partial charge in [-0.25, -0.2) is 0 Å². The van der Waals surface area contributed by atoms with E-state index >= 15 is 0 Å². The first kappa shape index (κ1) is 25.0. The molecule has 1 saturated heterocycles. The Morgan fingerprint density at radius 3 is 2.26 bits per heavy atom. The second kappa shape index (κ2) is 10.7. The minimum atomic E-state index is -0.721. The number of rotatable bonds is 7. The van der Waals surface area contributed by atoms with Gasteiger partial charge in [0.05, 0.1) is 11.6 Å². The minimum absolute atomic E-state index is 0.0707. The number of likely N-dealkylation sites (tertiary alicyclic amines) is 1. The SMILES string of the molecule is Cc1ccc([C@H]2C(=C(O)c3ccc(OCc4cccc(C)c4)cc3)C(=O)C(=O)N2Cc2ccncc2)cc1. The van der Waals surface area contributed by atoms with E-state index in [4.69, 9.17) is 4.74 Å². The van der Waals surface area contributed by atoms with Crippen molar-refractivity contribution in [2.24, 2.45) is 0 Å². The molecular weight excluding hydrogens is 476 g/mol. The van der Waals surface area contributed by atoms with Gasteiger partial charge in [0, 0.05) is 24.5 Å². The molecule has 1 aromatic heterocycles. The van der Waals surface area contributed by atoms with Crippen LogP contribution < -0.4 is 4.74 Å². The topological polar surface area (TPSA) is 79.7 Å². The van der Waals surface area contributed by atoms with Crippen LogP contribution in [0.5, 0.6) is 5.75 Å². The third-order valence-corrected chi connectivity index (χ3v) is 6.65. The zero-order chi connectivity index (χ0) is 26.6. The van der Waals surface area contributed by atoms with E-state index in [1.54, 1.807) is 48.8 Å². The van der Waals surface area contributed by atoms with Crippen LogP contribution in [0, 0.1) is 13.8 Å². The van der Waals surface area contributed by atoms with Gasteiger partial charge in [0.25, 0.3) is 11.7 Å². The maximum Gasteiger partial charge on any atom is 0.295 e. The lowest BCUT2D eigenvalue weighted by Crippen LogP contribution is -2.29. The molecule has 0 aliphatic carbocycles. The highest BCUT2D eigenvalue weighted by Gasteiger charge is 2.46. The fourth-order valence-corrected chi connectivity index (χ4v) is 4.66. The number of aryl methyl sites for hydroxylation is 2. The number of aromatic nitrogens is 1. The van der Waals surface area contributed by atoms with E-state index in [-0.39, 0.29) is 17.9 Å². The molecule has 1 N–H and O–H groups in total. The van der Waals surface area contributed by atoms with Gasteiger partial charge in [-0.3, -0.25) is 14.6 Å². The first-order valence-corrected chi connectivity index (χ1v) is 12.4. The molecule has 0 saturated carbocycles. The van der Waals surface area contributed by atoms with E-state index in [1.807, 2.05) is 56.3 Å². The Balaban J connectivity index is 1.47. The minimum Gasteiger partial charge on any atom is -0.507 e. The number of pyridine rings is 1. The Labute approximate surface area is 221 Å². The van der Waals surface area contributed by atoms with Crippen LogP contribution in [-0.4, -0.2) is 26.7 Å². The summed E-state index contributed by atoms with van der Waals surface area (Å²) in [5.41, 5.74) is 5.38. The molecule has 0 radical (unpaired) electrons. The molecule has 2 heterocycles. The van der Waals surface area contributed by atoms with Gasteiger partial charge in [-0.2, -0.15) is 0 Å². The first-order valence-electron chi connectivity index (χ1n) is 12.4. The van der Waals surface area contributed by atoms with Gasteiger partial charge >= 0.3 is 0 Å². The summed E-state index contributed by atoms with van der Waals surface area (Å²) in [6, 6.07) is 25.5. The molecule has 1 amide bonds. The van der Waals surface area contributed by atoms with E-state index in [0.29, 0.717) is 17.9 Å². The average molecular weight is 505 g/mol. The number of Topliss-reactive ketones (excluding diaryl/α,β-unsaturated/α-hetero) is 1. The maximum atomic E-state index is 13.3. The van der Waals surface area contributed by atoms with Gasteiger partial charge in [0.1, 0.15) is 18.1 Å². The van der Waals surface area contributed by atoms with Gasteiger partial charge in [-0.15, -0.1) is 0 Å². The smallest absolute Gasteiger partial charge is 0.295 e. The van der Waals surface area contributed by atoms with Crippen LogP contribution in [-0.2, 0) is 22.7 Å². The molecule has 6 heteroatoms. The van der Waals surface area contributed by atoms with Crippen molar-refractivity contribution >= 4 is 17.4 Å². The van der Waals surface area contributed by atoms with E-state index in [1.165, 1.54) is 4.90 Å². The lowest BCUT2D eigenvalue weighted by atomic mass is 9.94. The van der Waals surface area contributed by atoms with Crippen LogP contribution in [0.3, 0.4) is 0 Å². The molecule has 1 atom stereocenters. The third kappa shape index (κ3) is 5.20. The highest BCUT2D eigenvalue weighted by molar-refractivity contribution is 6.46.